The van der Waals surface area contributed by atoms with Gasteiger partial charge < -0.3 is 29.3 Å². The molecule has 1 aliphatic carbocycles. The van der Waals surface area contributed by atoms with Crippen molar-refractivity contribution in [1.82, 2.24) is 14.8 Å². The highest BCUT2D eigenvalue weighted by Gasteiger charge is 2.40. The van der Waals surface area contributed by atoms with Crippen molar-refractivity contribution in [1.29, 1.82) is 0 Å². The van der Waals surface area contributed by atoms with Gasteiger partial charge in [0.05, 0.1) is 16.0 Å². The summed E-state index contributed by atoms with van der Waals surface area (Å²) >= 11 is 6.95. The van der Waals surface area contributed by atoms with Crippen LogP contribution in [0.25, 0.3) is 5.57 Å². The molecule has 2 unspecified atom stereocenters. The van der Waals surface area contributed by atoms with Gasteiger partial charge in [0.1, 0.15) is 36.4 Å². The first-order chi connectivity index (χ1) is 25.9. The van der Waals surface area contributed by atoms with E-state index in [0.717, 1.165) is 56.2 Å². The Morgan fingerprint density at radius 2 is 1.87 bits per heavy atom. The summed E-state index contributed by atoms with van der Waals surface area (Å²) < 4.78 is 44.1. The molecule has 0 radical (unpaired) electrons. The van der Waals surface area contributed by atoms with E-state index in [-0.39, 0.29) is 30.1 Å². The van der Waals surface area contributed by atoms with Crippen LogP contribution in [0.15, 0.2) is 84.0 Å². The second-order valence-corrected chi connectivity index (χ2v) is 17.0. The molecule has 3 aliphatic rings. The number of halogens is 1. The third-order valence-corrected chi connectivity index (χ3v) is 12.0. The van der Waals surface area contributed by atoms with Gasteiger partial charge in [-0.2, -0.15) is 0 Å². The third-order valence-electron chi connectivity index (χ3n) is 10.6. The zero-order valence-corrected chi connectivity index (χ0v) is 32.5. The van der Waals surface area contributed by atoms with Gasteiger partial charge in [-0.3, -0.25) is 14.7 Å². The van der Waals surface area contributed by atoms with Crippen LogP contribution in [0.3, 0.4) is 0 Å². The Kier molecular flexibility index (Phi) is 13.1. The maximum atomic E-state index is 12.2. The fourth-order valence-electron chi connectivity index (χ4n) is 7.52. The summed E-state index contributed by atoms with van der Waals surface area (Å²) in [6.07, 6.45) is 13.7. The molecule has 6 rings (SSSR count). The van der Waals surface area contributed by atoms with Crippen LogP contribution in [-0.4, -0.2) is 103 Å². The maximum absolute atomic E-state index is 12.2. The standard InChI is InChI=1S/C41H50ClN3O8S/c1-29-35(31-10-4-3-5-11-31)12-8-15-41(29,53-19-9-16-44-18-14-33(46)26-44)28-52-39-22-38(51-27-30-20-34(24-43-23-30)54(2,49)50)32(21-36(39)42)25-45-17-7-6-13-37(45)40(47)48/h3-5,8,10-12,15,20-24,29,33,37,46H,6-7,9,13-14,16-19,25-28H2,1-2H3,(H,47,48)/t29?,33-,37+,41?/m1/s1. The number of β-amino-alcohol motifs (C(OH)–C–C–N with tert-alkyl or cyclic N) is 1. The Hall–Kier alpha value is -3.78. The van der Waals surface area contributed by atoms with Crippen molar-refractivity contribution in [2.45, 2.75) is 74.8 Å². The van der Waals surface area contributed by atoms with Crippen LogP contribution >= 0.6 is 11.6 Å². The molecule has 2 aromatic carbocycles. The number of aromatic nitrogens is 1. The van der Waals surface area contributed by atoms with Gasteiger partial charge in [0.25, 0.3) is 0 Å². The zero-order chi connectivity index (χ0) is 38.3. The number of hydrogen-bond donors (Lipinski definition) is 2. The predicted molar refractivity (Wildman–Crippen MR) is 207 cm³/mol. The van der Waals surface area contributed by atoms with Crippen LogP contribution in [0.5, 0.6) is 11.5 Å². The maximum Gasteiger partial charge on any atom is 0.320 e. The van der Waals surface area contributed by atoms with Gasteiger partial charge in [-0.05, 0) is 61.6 Å². The van der Waals surface area contributed by atoms with Crippen LogP contribution in [0.4, 0.5) is 0 Å². The first-order valence-electron chi connectivity index (χ1n) is 18.6. The molecule has 54 heavy (non-hydrogen) atoms. The number of hydrogen-bond acceptors (Lipinski definition) is 10. The first kappa shape index (κ1) is 39.9. The second-order valence-electron chi connectivity index (χ2n) is 14.6. The van der Waals surface area contributed by atoms with Crippen LogP contribution in [0.1, 0.15) is 55.7 Å². The molecule has 0 saturated carbocycles. The Bertz CT molecular complexity index is 1940. The Morgan fingerprint density at radius 3 is 2.61 bits per heavy atom. The number of rotatable bonds is 16. The molecule has 11 nitrogen and oxygen atoms in total. The van der Waals surface area contributed by atoms with Gasteiger partial charge in [-0.1, -0.05) is 67.4 Å². The lowest BCUT2D eigenvalue weighted by Gasteiger charge is -2.40. The van der Waals surface area contributed by atoms with Crippen LogP contribution in [0.2, 0.25) is 5.02 Å². The molecule has 2 N–H and O–H groups in total. The molecule has 290 valence electrons. The molecule has 3 aromatic rings. The van der Waals surface area contributed by atoms with Gasteiger partial charge in [0, 0.05) is 74.5 Å². The van der Waals surface area contributed by atoms with Crippen molar-refractivity contribution in [3.8, 4) is 11.5 Å². The molecule has 2 aliphatic heterocycles. The lowest BCUT2D eigenvalue weighted by atomic mass is 9.77. The fourth-order valence-corrected chi connectivity index (χ4v) is 8.38. The van der Waals surface area contributed by atoms with Gasteiger partial charge in [-0.25, -0.2) is 8.42 Å². The molecular formula is C41H50ClN3O8S. The average Bonchev–Trinajstić information content (AvgIpc) is 3.58. The SMILES string of the molecule is CC1C(c2ccccc2)=CC=CC1(COc1cc(OCc2cncc(S(C)(=O)=O)c2)c(CN2CCCC[C@H]2C(=O)O)cc1Cl)OCCCN1CC[C@@H](O)C1. The lowest BCUT2D eigenvalue weighted by Crippen LogP contribution is -2.45. The number of piperidine rings is 1. The summed E-state index contributed by atoms with van der Waals surface area (Å²) in [6.45, 7) is 6.06. The van der Waals surface area contributed by atoms with Gasteiger partial charge in [-0.15, -0.1) is 0 Å². The van der Waals surface area contributed by atoms with E-state index in [2.05, 4.69) is 35.0 Å². The molecule has 2 saturated heterocycles. The van der Waals surface area contributed by atoms with Crippen molar-refractivity contribution in [2.24, 2.45) is 5.92 Å². The monoisotopic (exact) mass is 779 g/mol. The van der Waals surface area contributed by atoms with Crippen molar-refractivity contribution in [3.63, 3.8) is 0 Å². The number of aliphatic carboxylic acids is 1. The topological polar surface area (TPSA) is 139 Å². The first-order valence-corrected chi connectivity index (χ1v) is 20.9. The molecule has 3 heterocycles. The number of allylic oxidation sites excluding steroid dienone is 2. The number of aliphatic hydroxyl groups excluding tert-OH is 1. The lowest BCUT2D eigenvalue weighted by molar-refractivity contribution is -0.144. The second kappa shape index (κ2) is 17.8. The summed E-state index contributed by atoms with van der Waals surface area (Å²) in [5.74, 6) is -0.145. The van der Waals surface area contributed by atoms with E-state index < -0.39 is 27.4 Å². The molecule has 0 amide bonds. The van der Waals surface area contributed by atoms with Crippen LogP contribution in [0, 0.1) is 5.92 Å². The van der Waals surface area contributed by atoms with Crippen LogP contribution < -0.4 is 9.47 Å². The van der Waals surface area contributed by atoms with Crippen molar-refractivity contribution >= 4 is 33.0 Å². The number of carboxylic acid groups (broad SMARTS) is 1. The molecule has 0 bridgehead atoms. The Morgan fingerprint density at radius 1 is 1.06 bits per heavy atom. The minimum Gasteiger partial charge on any atom is -0.489 e. The average molecular weight is 780 g/mol. The number of nitrogens with zero attached hydrogens (tertiary/aromatic N) is 3. The number of aliphatic hydroxyl groups is 1. The normalized spacial score (nSPS) is 23.6. The largest absolute Gasteiger partial charge is 0.489 e. The highest BCUT2D eigenvalue weighted by Crippen LogP contribution is 2.41. The molecule has 0 spiro atoms. The minimum absolute atomic E-state index is 0.0128. The molecule has 2 fully saturated rings. The minimum atomic E-state index is -3.48. The number of ether oxygens (including phenoxy) is 3. The van der Waals surface area contributed by atoms with Crippen molar-refractivity contribution < 1.29 is 37.6 Å². The number of benzene rings is 2. The van der Waals surface area contributed by atoms with E-state index in [1.807, 2.05) is 35.3 Å². The highest BCUT2D eigenvalue weighted by atomic mass is 35.5. The van der Waals surface area contributed by atoms with E-state index in [1.54, 1.807) is 18.3 Å². The smallest absolute Gasteiger partial charge is 0.320 e. The molecular weight excluding hydrogens is 730 g/mol. The number of carboxylic acids is 1. The Labute approximate surface area is 323 Å². The van der Waals surface area contributed by atoms with Crippen molar-refractivity contribution in [2.75, 3.05) is 45.6 Å². The third kappa shape index (κ3) is 9.90. The summed E-state index contributed by atoms with van der Waals surface area (Å²) in [4.78, 5) is 20.5. The highest BCUT2D eigenvalue weighted by molar-refractivity contribution is 7.90. The Balaban J connectivity index is 1.26. The number of carbonyl (C=O) groups is 1. The molecule has 13 heteroatoms. The van der Waals surface area contributed by atoms with E-state index in [9.17, 15) is 23.4 Å². The summed E-state index contributed by atoms with van der Waals surface area (Å²) in [5, 5.41) is 20.3. The van der Waals surface area contributed by atoms with E-state index >= 15 is 0 Å². The fraction of sp³-hybridized carbons (Fsp3) is 0.463. The number of sulfone groups is 1. The number of pyridine rings is 1. The van der Waals surface area contributed by atoms with Gasteiger partial charge in [0.2, 0.25) is 0 Å². The zero-order valence-electron chi connectivity index (χ0n) is 30.9. The predicted octanol–water partition coefficient (Wildman–Crippen LogP) is 6.04. The van der Waals surface area contributed by atoms with E-state index in [1.165, 1.54) is 12.3 Å². The number of likely N-dealkylation sites (tertiary alicyclic amines) is 2. The quantitative estimate of drug-likeness (QED) is 0.165. The van der Waals surface area contributed by atoms with Crippen molar-refractivity contribution in [3.05, 3.63) is 101 Å². The summed E-state index contributed by atoms with van der Waals surface area (Å²) in [7, 11) is -3.48. The van der Waals surface area contributed by atoms with E-state index in [4.69, 9.17) is 25.8 Å². The van der Waals surface area contributed by atoms with Crippen LogP contribution in [-0.2, 0) is 32.5 Å². The van der Waals surface area contributed by atoms with Gasteiger partial charge in [0.15, 0.2) is 9.84 Å². The molecule has 1 aromatic heterocycles. The summed E-state index contributed by atoms with van der Waals surface area (Å²) in [5.41, 5.74) is 2.62. The van der Waals surface area contributed by atoms with E-state index in [0.29, 0.717) is 60.3 Å². The summed E-state index contributed by atoms with van der Waals surface area (Å²) in [6, 6.07) is 14.6. The molecule has 4 atom stereocenters. The van der Waals surface area contributed by atoms with Gasteiger partial charge >= 0.3 is 5.97 Å².